The Kier molecular flexibility index (Phi) is 6.18. The minimum atomic E-state index is -1.01. The maximum atomic E-state index is 12.6. The van der Waals surface area contributed by atoms with Crippen molar-refractivity contribution < 1.29 is 14.7 Å². The van der Waals surface area contributed by atoms with E-state index in [2.05, 4.69) is 4.98 Å². The summed E-state index contributed by atoms with van der Waals surface area (Å²) in [6, 6.07) is 7.28. The molecular weight excluding hydrogens is 332 g/mol. The summed E-state index contributed by atoms with van der Waals surface area (Å²) in [6.07, 6.45) is 0. The van der Waals surface area contributed by atoms with Crippen molar-refractivity contribution >= 4 is 35.0 Å². The second kappa shape index (κ2) is 8.12. The van der Waals surface area contributed by atoms with Crippen LogP contribution in [-0.4, -0.2) is 40.0 Å². The lowest BCUT2D eigenvalue weighted by Crippen LogP contribution is -2.35. The molecule has 2 aromatic rings. The van der Waals surface area contributed by atoms with Crippen molar-refractivity contribution in [1.29, 1.82) is 0 Å². The third kappa shape index (κ3) is 4.80. The number of hydrogen-bond acceptors (Lipinski definition) is 5. The third-order valence-electron chi connectivity index (χ3n) is 3.15. The zero-order valence-corrected chi connectivity index (χ0v) is 14.6. The summed E-state index contributed by atoms with van der Waals surface area (Å²) in [5, 5.41) is 12.0. The molecule has 0 fully saturated rings. The molecule has 0 saturated heterocycles. The zero-order valence-electron chi connectivity index (χ0n) is 13.0. The molecule has 122 valence electrons. The molecule has 0 aliphatic rings. The number of aliphatic carboxylic acids is 1. The van der Waals surface area contributed by atoms with Crippen LogP contribution in [0.15, 0.2) is 34.5 Å². The molecule has 0 spiro atoms. The largest absolute Gasteiger partial charge is 0.480 e. The van der Waals surface area contributed by atoms with E-state index in [0.717, 1.165) is 15.6 Å². The predicted molar refractivity (Wildman–Crippen MR) is 92.1 cm³/mol. The number of hydrogen-bond donors (Lipinski definition) is 1. The molecular formula is C16H18N2O3S2. The lowest BCUT2D eigenvalue weighted by atomic mass is 10.2. The molecule has 7 heteroatoms. The zero-order chi connectivity index (χ0) is 16.8. The summed E-state index contributed by atoms with van der Waals surface area (Å²) in [6.45, 7) is 3.80. The van der Waals surface area contributed by atoms with E-state index in [-0.39, 0.29) is 12.5 Å². The molecule has 1 aromatic carbocycles. The van der Waals surface area contributed by atoms with Gasteiger partial charge in [-0.2, -0.15) is 0 Å². The lowest BCUT2D eigenvalue weighted by Gasteiger charge is -2.20. The fourth-order valence-corrected chi connectivity index (χ4v) is 3.71. The minimum absolute atomic E-state index is 0.257. The highest BCUT2D eigenvalue weighted by Crippen LogP contribution is 2.27. The number of thiazole rings is 1. The van der Waals surface area contributed by atoms with E-state index >= 15 is 0 Å². The van der Waals surface area contributed by atoms with Crippen molar-refractivity contribution in [3.63, 3.8) is 0 Å². The summed E-state index contributed by atoms with van der Waals surface area (Å²) < 4.78 is 0. The maximum absolute atomic E-state index is 12.6. The van der Waals surface area contributed by atoms with Crippen LogP contribution in [0.25, 0.3) is 0 Å². The van der Waals surface area contributed by atoms with E-state index in [0.29, 0.717) is 17.9 Å². The number of carboxylic acid groups (broad SMARTS) is 1. The molecule has 1 heterocycles. The second-order valence-corrected chi connectivity index (χ2v) is 6.94. The lowest BCUT2D eigenvalue weighted by molar-refractivity contribution is -0.137. The molecule has 5 nitrogen and oxygen atoms in total. The van der Waals surface area contributed by atoms with Gasteiger partial charge in [-0.3, -0.25) is 9.59 Å². The summed E-state index contributed by atoms with van der Waals surface area (Å²) in [5.74, 6) is -0.588. The van der Waals surface area contributed by atoms with Crippen LogP contribution in [0.3, 0.4) is 0 Å². The molecule has 0 atom stereocenters. The Morgan fingerprint density at radius 3 is 2.70 bits per heavy atom. The van der Waals surface area contributed by atoms with Gasteiger partial charge in [-0.15, -0.1) is 23.1 Å². The Labute approximate surface area is 143 Å². The van der Waals surface area contributed by atoms with Crippen LogP contribution in [0.5, 0.6) is 0 Å². The van der Waals surface area contributed by atoms with Gasteiger partial charge >= 0.3 is 5.97 Å². The quantitative estimate of drug-likeness (QED) is 0.776. The molecule has 1 N–H and O–H groups in total. The van der Waals surface area contributed by atoms with Crippen molar-refractivity contribution in [1.82, 2.24) is 9.88 Å². The van der Waals surface area contributed by atoms with E-state index in [4.69, 9.17) is 5.11 Å². The number of amides is 1. The first-order valence-corrected chi connectivity index (χ1v) is 9.01. The van der Waals surface area contributed by atoms with E-state index < -0.39 is 5.97 Å². The van der Waals surface area contributed by atoms with Crippen LogP contribution in [0.1, 0.15) is 28.0 Å². The molecule has 2 rings (SSSR count). The second-order valence-electron chi connectivity index (χ2n) is 4.86. The van der Waals surface area contributed by atoms with E-state index in [9.17, 15) is 9.59 Å². The molecule has 0 aliphatic heterocycles. The average molecular weight is 350 g/mol. The minimum Gasteiger partial charge on any atom is -0.480 e. The summed E-state index contributed by atoms with van der Waals surface area (Å²) >= 11 is 3.14. The van der Waals surface area contributed by atoms with Crippen LogP contribution in [0.2, 0.25) is 0 Å². The highest BCUT2D eigenvalue weighted by Gasteiger charge is 2.19. The number of aryl methyl sites for hydroxylation is 1. The van der Waals surface area contributed by atoms with Crippen LogP contribution in [0.4, 0.5) is 0 Å². The Hall–Kier alpha value is -1.86. The number of carbonyl (C=O) groups excluding carboxylic acids is 1. The van der Waals surface area contributed by atoms with Crippen LogP contribution < -0.4 is 0 Å². The first-order chi connectivity index (χ1) is 11.0. The van der Waals surface area contributed by atoms with E-state index in [1.165, 1.54) is 16.7 Å². The number of benzene rings is 1. The maximum Gasteiger partial charge on any atom is 0.323 e. The molecule has 1 amide bonds. The first-order valence-electron chi connectivity index (χ1n) is 7.15. The first kappa shape index (κ1) is 17.5. The normalized spacial score (nSPS) is 10.5. The van der Waals surface area contributed by atoms with Crippen molar-refractivity contribution in [3.05, 3.63) is 45.9 Å². The smallest absolute Gasteiger partial charge is 0.323 e. The van der Waals surface area contributed by atoms with Gasteiger partial charge in [0.05, 0.1) is 16.3 Å². The topological polar surface area (TPSA) is 70.5 Å². The number of likely N-dealkylation sites (N-methyl/N-ethyl adjacent to an activating group) is 1. The summed E-state index contributed by atoms with van der Waals surface area (Å²) in [7, 11) is 0. The van der Waals surface area contributed by atoms with Crippen molar-refractivity contribution in [2.45, 2.75) is 24.5 Å². The molecule has 0 aliphatic carbocycles. The summed E-state index contributed by atoms with van der Waals surface area (Å²) in [5.41, 5.74) is 1.52. The van der Waals surface area contributed by atoms with Crippen molar-refractivity contribution in [2.75, 3.05) is 13.1 Å². The van der Waals surface area contributed by atoms with Crippen LogP contribution in [-0.2, 0) is 10.5 Å². The summed E-state index contributed by atoms with van der Waals surface area (Å²) in [4.78, 5) is 30.1. The number of carboxylic acids is 1. The number of thioether (sulfide) groups is 1. The molecule has 23 heavy (non-hydrogen) atoms. The molecule has 1 aromatic heterocycles. The molecule has 0 saturated carbocycles. The van der Waals surface area contributed by atoms with Gasteiger partial charge in [-0.05, 0) is 26.0 Å². The molecule has 0 radical (unpaired) electrons. The Balaban J connectivity index is 2.15. The Morgan fingerprint density at radius 2 is 2.09 bits per heavy atom. The fourth-order valence-electron chi connectivity index (χ4n) is 2.06. The highest BCUT2D eigenvalue weighted by atomic mass is 32.2. The standard InChI is InChI=1S/C16H18N2O3S2/c1-3-18(8-15(19)20)16(21)13-6-4-5-7-14(13)23-10-12-9-22-11(2)17-12/h4-7,9H,3,8,10H2,1-2H3,(H,19,20). The Morgan fingerprint density at radius 1 is 1.35 bits per heavy atom. The third-order valence-corrected chi connectivity index (χ3v) is 5.08. The monoisotopic (exact) mass is 350 g/mol. The SMILES string of the molecule is CCN(CC(=O)O)C(=O)c1ccccc1SCc1csc(C)n1. The predicted octanol–water partition coefficient (Wildman–Crippen LogP) is 3.29. The van der Waals surface area contributed by atoms with E-state index in [1.54, 1.807) is 30.4 Å². The average Bonchev–Trinajstić information content (AvgIpc) is 2.95. The van der Waals surface area contributed by atoms with E-state index in [1.807, 2.05) is 24.4 Å². The number of nitrogens with zero attached hydrogens (tertiary/aromatic N) is 2. The van der Waals surface area contributed by atoms with Gasteiger partial charge in [0.2, 0.25) is 0 Å². The fraction of sp³-hybridized carbons (Fsp3) is 0.312. The van der Waals surface area contributed by atoms with Crippen LogP contribution >= 0.6 is 23.1 Å². The van der Waals surface area contributed by atoms with Crippen LogP contribution in [0, 0.1) is 6.92 Å². The Bertz CT molecular complexity index is 700. The van der Waals surface area contributed by atoms with Gasteiger partial charge in [-0.1, -0.05) is 12.1 Å². The number of rotatable bonds is 7. The van der Waals surface area contributed by atoms with Gasteiger partial charge in [0.25, 0.3) is 5.91 Å². The molecule has 0 bridgehead atoms. The van der Waals surface area contributed by atoms with Gasteiger partial charge in [0, 0.05) is 22.6 Å². The number of aromatic nitrogens is 1. The van der Waals surface area contributed by atoms with Gasteiger partial charge < -0.3 is 10.0 Å². The van der Waals surface area contributed by atoms with Gasteiger partial charge in [-0.25, -0.2) is 4.98 Å². The van der Waals surface area contributed by atoms with Gasteiger partial charge in [0.15, 0.2) is 0 Å². The number of carbonyl (C=O) groups is 2. The van der Waals surface area contributed by atoms with Crippen molar-refractivity contribution in [3.8, 4) is 0 Å². The molecule has 0 unspecified atom stereocenters. The van der Waals surface area contributed by atoms with Crippen molar-refractivity contribution in [2.24, 2.45) is 0 Å². The van der Waals surface area contributed by atoms with Gasteiger partial charge in [0.1, 0.15) is 6.54 Å². The highest BCUT2D eigenvalue weighted by molar-refractivity contribution is 7.98.